The first-order valence-corrected chi connectivity index (χ1v) is 7.87. The fourth-order valence-corrected chi connectivity index (χ4v) is 2.10. The fourth-order valence-electron chi connectivity index (χ4n) is 1.94. The first-order valence-electron chi connectivity index (χ1n) is 6.75. The summed E-state index contributed by atoms with van der Waals surface area (Å²) in [4.78, 5) is 3.42. The third kappa shape index (κ3) is 4.96. The van der Waals surface area contributed by atoms with E-state index in [1.54, 1.807) is 24.3 Å². The number of allylic oxidation sites excluding steroid dienone is 1. The van der Waals surface area contributed by atoms with Gasteiger partial charge < -0.3 is 9.47 Å². The lowest BCUT2D eigenvalue weighted by atomic mass is 10.1. The van der Waals surface area contributed by atoms with Crippen molar-refractivity contribution in [1.82, 2.24) is 0 Å². The Morgan fingerprint density at radius 1 is 1.26 bits per heavy atom. The molecule has 0 atom stereocenters. The van der Waals surface area contributed by atoms with Crippen LogP contribution < -0.4 is 4.74 Å². The van der Waals surface area contributed by atoms with Gasteiger partial charge in [0.15, 0.2) is 5.69 Å². The van der Waals surface area contributed by atoms with E-state index < -0.39 is 0 Å². The van der Waals surface area contributed by atoms with Gasteiger partial charge in [-0.15, -0.1) is 0 Å². The number of ether oxygens (including phenoxy) is 2. The van der Waals surface area contributed by atoms with Crippen LogP contribution in [0.5, 0.6) is 11.5 Å². The molecule has 0 bridgehead atoms. The van der Waals surface area contributed by atoms with E-state index in [1.165, 1.54) is 6.08 Å². The molecule has 4 nitrogen and oxygen atoms in total. The van der Waals surface area contributed by atoms with E-state index in [2.05, 4.69) is 20.8 Å². The van der Waals surface area contributed by atoms with Crippen molar-refractivity contribution in [1.29, 1.82) is 5.26 Å². The van der Waals surface area contributed by atoms with Crippen molar-refractivity contribution in [2.24, 2.45) is 0 Å². The smallest absolute Gasteiger partial charge is 0.187 e. The lowest BCUT2D eigenvalue weighted by Gasteiger charge is -2.12. The van der Waals surface area contributed by atoms with Crippen LogP contribution in [-0.2, 0) is 11.3 Å². The second-order valence-electron chi connectivity index (χ2n) is 4.50. The summed E-state index contributed by atoms with van der Waals surface area (Å²) in [6.45, 7) is 7.45. The summed E-state index contributed by atoms with van der Waals surface area (Å²) < 4.78 is 11.3. The molecule has 0 aliphatic heterocycles. The van der Waals surface area contributed by atoms with Crippen molar-refractivity contribution < 1.29 is 9.47 Å². The summed E-state index contributed by atoms with van der Waals surface area (Å²) in [5.41, 5.74) is 2.62. The van der Waals surface area contributed by atoms with Crippen LogP contribution in [0.15, 0.2) is 48.5 Å². The van der Waals surface area contributed by atoms with Crippen LogP contribution in [-0.4, -0.2) is 5.52 Å². The van der Waals surface area contributed by atoms with Gasteiger partial charge in [-0.05, 0) is 35.9 Å². The summed E-state index contributed by atoms with van der Waals surface area (Å²) in [7, 11) is 0. The Hall–Kier alpha value is -2.60. The van der Waals surface area contributed by atoms with Crippen molar-refractivity contribution in [3.8, 4) is 17.6 Å². The van der Waals surface area contributed by atoms with Crippen LogP contribution in [0.1, 0.15) is 11.1 Å². The Kier molecular flexibility index (Phi) is 6.38. The molecule has 0 unspecified atom stereocenters. The topological polar surface area (TPSA) is 46.6 Å². The lowest BCUT2D eigenvalue weighted by Crippen LogP contribution is -1.95. The summed E-state index contributed by atoms with van der Waals surface area (Å²) in [6, 6.07) is 14.6. The maximum absolute atomic E-state index is 8.59. The number of hydrogen-bond donors (Lipinski definition) is 0. The molecular formula is C18H13BrN2O2. The van der Waals surface area contributed by atoms with Crippen LogP contribution in [0.2, 0.25) is 0 Å². The first-order chi connectivity index (χ1) is 11.3. The molecule has 23 heavy (non-hydrogen) atoms. The van der Waals surface area contributed by atoms with Crippen molar-refractivity contribution in [2.45, 2.75) is 6.61 Å². The van der Waals surface area contributed by atoms with Gasteiger partial charge in [0, 0.05) is 11.6 Å². The van der Waals surface area contributed by atoms with E-state index in [1.807, 2.05) is 30.3 Å². The quantitative estimate of drug-likeness (QED) is 0.387. The predicted octanol–water partition coefficient (Wildman–Crippen LogP) is 5.44. The number of alkyl halides is 1. The second-order valence-corrected chi connectivity index (χ2v) is 4.96. The molecule has 5 heteroatoms. The minimum Gasteiger partial charge on any atom is -0.457 e. The molecule has 0 aromatic heterocycles. The van der Waals surface area contributed by atoms with Gasteiger partial charge in [0.1, 0.15) is 17.0 Å². The lowest BCUT2D eigenvalue weighted by molar-refractivity contribution is 0.170. The zero-order valence-electron chi connectivity index (χ0n) is 12.2. The molecule has 0 radical (unpaired) electrons. The van der Waals surface area contributed by atoms with Crippen LogP contribution in [0.3, 0.4) is 0 Å². The molecule has 0 saturated carbocycles. The third-order valence-electron chi connectivity index (χ3n) is 2.94. The maximum atomic E-state index is 8.59. The summed E-state index contributed by atoms with van der Waals surface area (Å²) in [6.07, 6.45) is 3.13. The van der Waals surface area contributed by atoms with Gasteiger partial charge in [0.2, 0.25) is 0 Å². The predicted molar refractivity (Wildman–Crippen MR) is 92.5 cm³/mol. The molecule has 0 amide bonds. The van der Waals surface area contributed by atoms with Gasteiger partial charge in [0.05, 0.1) is 19.2 Å². The van der Waals surface area contributed by atoms with Crippen molar-refractivity contribution in [3.05, 3.63) is 71.1 Å². The number of halogens is 1. The highest BCUT2D eigenvalue weighted by atomic mass is 79.9. The van der Waals surface area contributed by atoms with Crippen LogP contribution >= 0.6 is 15.9 Å². The highest BCUT2D eigenvalue weighted by molar-refractivity contribution is 9.09. The molecular weight excluding hydrogens is 356 g/mol. The van der Waals surface area contributed by atoms with Gasteiger partial charge in [-0.3, -0.25) is 0 Å². The SMILES string of the molecule is [C-]#[N+]c1ccc(Oc2cccc(/C=C/C#N)c2)c(COCBr)c1. The molecule has 0 fully saturated rings. The Morgan fingerprint density at radius 3 is 2.87 bits per heavy atom. The molecule has 0 heterocycles. The zero-order chi connectivity index (χ0) is 16.5. The normalized spacial score (nSPS) is 10.2. The van der Waals surface area contributed by atoms with Gasteiger partial charge in [-0.1, -0.05) is 34.1 Å². The monoisotopic (exact) mass is 368 g/mol. The van der Waals surface area contributed by atoms with E-state index in [0.717, 1.165) is 11.1 Å². The van der Waals surface area contributed by atoms with Gasteiger partial charge >= 0.3 is 0 Å². The van der Waals surface area contributed by atoms with Gasteiger partial charge in [-0.2, -0.15) is 5.26 Å². The first kappa shape index (κ1) is 16.8. The fraction of sp³-hybridized carbons (Fsp3) is 0.111. The molecule has 0 aliphatic rings. The molecule has 2 rings (SSSR count). The van der Waals surface area contributed by atoms with Gasteiger partial charge in [0.25, 0.3) is 0 Å². The maximum Gasteiger partial charge on any atom is 0.187 e. The highest BCUT2D eigenvalue weighted by Gasteiger charge is 2.07. The molecule has 2 aromatic rings. The second kappa shape index (κ2) is 8.75. The van der Waals surface area contributed by atoms with Crippen molar-refractivity contribution in [3.63, 3.8) is 0 Å². The van der Waals surface area contributed by atoms with Crippen molar-refractivity contribution in [2.75, 3.05) is 5.52 Å². The van der Waals surface area contributed by atoms with Crippen LogP contribution in [0.25, 0.3) is 10.9 Å². The number of nitriles is 1. The van der Waals surface area contributed by atoms with E-state index in [4.69, 9.17) is 21.3 Å². The molecule has 0 spiro atoms. The highest BCUT2D eigenvalue weighted by Crippen LogP contribution is 2.30. The molecule has 0 N–H and O–H groups in total. The van der Waals surface area contributed by atoms with Crippen LogP contribution in [0, 0.1) is 17.9 Å². The minimum absolute atomic E-state index is 0.345. The summed E-state index contributed by atoms with van der Waals surface area (Å²) >= 11 is 3.21. The zero-order valence-corrected chi connectivity index (χ0v) is 13.8. The van der Waals surface area contributed by atoms with E-state index in [9.17, 15) is 0 Å². The van der Waals surface area contributed by atoms with E-state index >= 15 is 0 Å². The van der Waals surface area contributed by atoms with Gasteiger partial charge in [-0.25, -0.2) is 4.85 Å². The Morgan fingerprint density at radius 2 is 2.13 bits per heavy atom. The summed E-state index contributed by atoms with van der Waals surface area (Å²) in [5.74, 6) is 1.29. The summed E-state index contributed by atoms with van der Waals surface area (Å²) in [5, 5.41) is 8.59. The molecule has 2 aromatic carbocycles. The molecule has 114 valence electrons. The average molecular weight is 369 g/mol. The number of hydrogen-bond acceptors (Lipinski definition) is 3. The van der Waals surface area contributed by atoms with Crippen LogP contribution in [0.4, 0.5) is 5.69 Å². The molecule has 0 aliphatic carbocycles. The van der Waals surface area contributed by atoms with Crippen molar-refractivity contribution >= 4 is 27.7 Å². The van der Waals surface area contributed by atoms with E-state index in [-0.39, 0.29) is 0 Å². The number of benzene rings is 2. The minimum atomic E-state index is 0.345. The number of rotatable bonds is 6. The Labute approximate surface area is 143 Å². The number of nitrogens with zero attached hydrogens (tertiary/aromatic N) is 2. The van der Waals surface area contributed by atoms with E-state index in [0.29, 0.717) is 29.3 Å². The average Bonchev–Trinajstić information content (AvgIpc) is 2.59. The largest absolute Gasteiger partial charge is 0.457 e. The third-order valence-corrected chi connectivity index (χ3v) is 3.27. The Balaban J connectivity index is 2.27. The molecule has 0 saturated heterocycles. The standard InChI is InChI=1S/C18H13BrN2O2/c1-21-16-7-8-18(15(11-16)12-22-13-19)23-17-6-2-4-14(10-17)5-3-9-20/h2-8,10-11H,12-13H2/b5-3+. The Bertz CT molecular complexity index is 788.